The summed E-state index contributed by atoms with van der Waals surface area (Å²) in [6.07, 6.45) is 0.760. The van der Waals surface area contributed by atoms with Crippen LogP contribution in [0, 0.1) is 36.0 Å². The van der Waals surface area contributed by atoms with Gasteiger partial charge in [0.05, 0.1) is 12.1 Å². The maximum Gasteiger partial charge on any atom is 0.226 e. The number of nitrogens with two attached hydrogens (primary N) is 3. The molecule has 0 saturated carbocycles. The van der Waals surface area contributed by atoms with Gasteiger partial charge in [-0.2, -0.15) is 5.26 Å². The standard InChI is InChI=1S/C52H64N6O7/c1-32(2)25-35-8-11-37(12-9-35)38-13-15-41(33(3)26-38)46(60)31-40(18-20-54)52(63)58(5)50-39-14-17-49(65-24-22-56)43(30-39)42-28-36(10-16-48(42)64-23-21-55)29-44(45(59)7-6-19-53)57-51(62)34(4)27-47(50)61/h8-17,26,28,30,32,34,40,44,50H,6-7,18,20-25,27,29,31,54-56H2,1-5H3,(H,57,62)/t34-,40-,44+,50+/m1/s1. The van der Waals surface area contributed by atoms with E-state index in [9.17, 15) is 29.2 Å². The van der Waals surface area contributed by atoms with Gasteiger partial charge >= 0.3 is 0 Å². The summed E-state index contributed by atoms with van der Waals surface area (Å²) in [5, 5.41) is 12.1. The molecule has 7 N–H and O–H groups in total. The first-order valence-corrected chi connectivity index (χ1v) is 22.5. The maximum atomic E-state index is 14.8. The molecule has 1 aliphatic heterocycles. The highest BCUT2D eigenvalue weighted by atomic mass is 16.5. The Morgan fingerprint density at radius 3 is 2.11 bits per heavy atom. The summed E-state index contributed by atoms with van der Waals surface area (Å²) >= 11 is 0. The van der Waals surface area contributed by atoms with Crippen LogP contribution in [-0.2, 0) is 32.0 Å². The van der Waals surface area contributed by atoms with Crippen molar-refractivity contribution in [1.82, 2.24) is 10.2 Å². The molecule has 4 bridgehead atoms. The van der Waals surface area contributed by atoms with E-state index in [1.807, 2.05) is 31.2 Å². The van der Waals surface area contributed by atoms with Gasteiger partial charge in [0, 0.05) is 74.3 Å². The van der Waals surface area contributed by atoms with Gasteiger partial charge in [0.25, 0.3) is 0 Å². The van der Waals surface area contributed by atoms with Crippen LogP contribution >= 0.6 is 0 Å². The summed E-state index contributed by atoms with van der Waals surface area (Å²) in [6, 6.07) is 24.5. The first kappa shape index (κ1) is 49.8. The topological polar surface area (TPSA) is 221 Å². The summed E-state index contributed by atoms with van der Waals surface area (Å²) in [5.41, 5.74) is 24.5. The van der Waals surface area contributed by atoms with Crippen molar-refractivity contribution in [2.45, 2.75) is 84.7 Å². The van der Waals surface area contributed by atoms with Gasteiger partial charge in [-0.25, -0.2) is 0 Å². The molecule has 1 heterocycles. The van der Waals surface area contributed by atoms with Gasteiger partial charge in [-0.1, -0.05) is 75.4 Å². The number of aryl methyl sites for hydroxylation is 1. The van der Waals surface area contributed by atoms with Crippen molar-refractivity contribution in [3.8, 4) is 39.8 Å². The number of nitrogens with zero attached hydrogens (tertiary/aromatic N) is 2. The summed E-state index contributed by atoms with van der Waals surface area (Å²) in [6.45, 7) is 8.77. The molecule has 4 aromatic rings. The van der Waals surface area contributed by atoms with Crippen LogP contribution < -0.4 is 32.0 Å². The summed E-state index contributed by atoms with van der Waals surface area (Å²) in [4.78, 5) is 72.2. The Morgan fingerprint density at radius 2 is 1.49 bits per heavy atom. The molecule has 0 aliphatic carbocycles. The number of nitriles is 1. The van der Waals surface area contributed by atoms with E-state index in [2.05, 4.69) is 43.4 Å². The fraction of sp³-hybridized carbons (Fsp3) is 0.423. The molecule has 4 atom stereocenters. The fourth-order valence-electron chi connectivity index (χ4n) is 8.44. The van der Waals surface area contributed by atoms with Crippen LogP contribution in [0.2, 0.25) is 0 Å². The van der Waals surface area contributed by atoms with Crippen molar-refractivity contribution >= 4 is 29.2 Å². The van der Waals surface area contributed by atoms with Crippen molar-refractivity contribution in [1.29, 1.82) is 5.26 Å². The van der Waals surface area contributed by atoms with E-state index in [0.29, 0.717) is 45.2 Å². The Morgan fingerprint density at radius 1 is 0.846 bits per heavy atom. The third-order valence-electron chi connectivity index (χ3n) is 11.8. The van der Waals surface area contributed by atoms with Gasteiger partial charge in [-0.3, -0.25) is 24.0 Å². The van der Waals surface area contributed by atoms with Crippen LogP contribution in [0.25, 0.3) is 22.3 Å². The molecule has 344 valence electrons. The molecular formula is C52H64N6O7. The largest absolute Gasteiger partial charge is 0.492 e. The lowest BCUT2D eigenvalue weighted by Gasteiger charge is -2.32. The summed E-state index contributed by atoms with van der Waals surface area (Å²) in [7, 11) is 1.53. The van der Waals surface area contributed by atoms with E-state index >= 15 is 0 Å². The number of carbonyl (C=O) groups excluding carboxylic acids is 5. The first-order chi connectivity index (χ1) is 31.2. The van der Waals surface area contributed by atoms with Gasteiger partial charge in [0.15, 0.2) is 17.3 Å². The number of amides is 2. The number of benzene rings is 4. The SMILES string of the molecule is Cc1cc(-c2ccc(CC(C)C)cc2)ccc1C(=O)C[C@@H](CCN)C(=O)N(C)[C@@H]1C(=O)C[C@@H](C)C(=O)N[C@H](C(=O)CCC#N)Cc2ccc(OCCN)c(c2)-c2cc1ccc2OCCN. The average Bonchev–Trinajstić information content (AvgIpc) is 3.28. The minimum atomic E-state index is -1.21. The number of Topliss-reactive ketones (excluding diaryl/α,β-unsaturated/α-hetero) is 3. The highest BCUT2D eigenvalue weighted by molar-refractivity contribution is 6.01. The predicted molar refractivity (Wildman–Crippen MR) is 252 cm³/mol. The Bertz CT molecular complexity index is 2370. The maximum absolute atomic E-state index is 14.8. The van der Waals surface area contributed by atoms with E-state index in [-0.39, 0.29) is 82.9 Å². The van der Waals surface area contributed by atoms with Crippen molar-refractivity contribution in [3.63, 3.8) is 0 Å². The molecular weight excluding hydrogens is 821 g/mol. The van der Waals surface area contributed by atoms with Gasteiger partial charge in [0.2, 0.25) is 11.8 Å². The van der Waals surface area contributed by atoms with Gasteiger partial charge in [-0.15, -0.1) is 0 Å². The fourth-order valence-corrected chi connectivity index (χ4v) is 8.44. The van der Waals surface area contributed by atoms with Crippen LogP contribution in [0.4, 0.5) is 0 Å². The number of likely N-dealkylation sites (N-methyl/N-ethyl adjacent to an activating group) is 1. The van der Waals surface area contributed by atoms with Crippen LogP contribution in [-0.4, -0.2) is 80.0 Å². The number of nitrogens with one attached hydrogen (secondary N) is 1. The molecule has 13 nitrogen and oxygen atoms in total. The Kier molecular flexibility index (Phi) is 18.1. The number of ether oxygens (including phenoxy) is 2. The van der Waals surface area contributed by atoms with Gasteiger partial charge < -0.3 is 36.9 Å². The van der Waals surface area contributed by atoms with E-state index < -0.39 is 41.5 Å². The molecule has 5 rings (SSSR count). The highest BCUT2D eigenvalue weighted by Gasteiger charge is 2.36. The molecule has 0 aromatic heterocycles. The lowest BCUT2D eigenvalue weighted by atomic mass is 9.87. The molecule has 1 aliphatic rings. The molecule has 0 unspecified atom stereocenters. The van der Waals surface area contributed by atoms with Crippen molar-refractivity contribution < 1.29 is 33.4 Å². The van der Waals surface area contributed by atoms with Gasteiger partial charge in [0.1, 0.15) is 30.8 Å². The highest BCUT2D eigenvalue weighted by Crippen LogP contribution is 2.41. The van der Waals surface area contributed by atoms with Crippen LogP contribution in [0.3, 0.4) is 0 Å². The van der Waals surface area contributed by atoms with Crippen LogP contribution in [0.15, 0.2) is 78.9 Å². The molecule has 0 fully saturated rings. The zero-order valence-electron chi connectivity index (χ0n) is 38.4. The quantitative estimate of drug-likeness (QED) is 0.0750. The lowest BCUT2D eigenvalue weighted by Crippen LogP contribution is -2.46. The molecule has 13 heteroatoms. The zero-order valence-corrected chi connectivity index (χ0v) is 38.4. The lowest BCUT2D eigenvalue weighted by molar-refractivity contribution is -0.142. The Balaban J connectivity index is 1.55. The number of hydrogen-bond donors (Lipinski definition) is 4. The predicted octanol–water partition coefficient (Wildman–Crippen LogP) is 6.45. The van der Waals surface area contributed by atoms with Crippen LogP contribution in [0.1, 0.15) is 91.5 Å². The molecule has 2 amide bonds. The van der Waals surface area contributed by atoms with Gasteiger partial charge in [-0.05, 0) is 96.3 Å². The van der Waals surface area contributed by atoms with Crippen molar-refractivity contribution in [3.05, 3.63) is 107 Å². The minimum Gasteiger partial charge on any atom is -0.492 e. The third kappa shape index (κ3) is 13.0. The molecule has 65 heavy (non-hydrogen) atoms. The Hall–Kier alpha value is -6.20. The zero-order chi connectivity index (χ0) is 47.2. The third-order valence-corrected chi connectivity index (χ3v) is 11.8. The molecule has 0 spiro atoms. The molecule has 0 radical (unpaired) electrons. The number of carbonyl (C=O) groups is 5. The average molecular weight is 885 g/mol. The number of hydrogen-bond acceptors (Lipinski definition) is 11. The minimum absolute atomic E-state index is 0.0245. The van der Waals surface area contributed by atoms with Crippen LogP contribution in [0.5, 0.6) is 11.5 Å². The second-order valence-corrected chi connectivity index (χ2v) is 17.4. The van der Waals surface area contributed by atoms with E-state index in [1.54, 1.807) is 43.3 Å². The second kappa shape index (κ2) is 23.6. The number of ketones is 3. The second-order valence-electron chi connectivity index (χ2n) is 17.4. The van der Waals surface area contributed by atoms with Crippen molar-refractivity contribution in [2.24, 2.45) is 35.0 Å². The normalized spacial score (nSPS) is 16.8. The monoisotopic (exact) mass is 884 g/mol. The Labute approximate surface area is 383 Å². The molecule has 4 aromatic carbocycles. The number of fused-ring (bicyclic) bond motifs is 5. The number of rotatable bonds is 19. The van der Waals surface area contributed by atoms with E-state index in [1.165, 1.54) is 17.5 Å². The summed E-state index contributed by atoms with van der Waals surface area (Å²) < 4.78 is 12.3. The molecule has 0 saturated heterocycles. The smallest absolute Gasteiger partial charge is 0.226 e. The summed E-state index contributed by atoms with van der Waals surface area (Å²) in [5.74, 6) is -2.32. The van der Waals surface area contributed by atoms with E-state index in [0.717, 1.165) is 23.1 Å². The van der Waals surface area contributed by atoms with Crippen molar-refractivity contribution in [2.75, 3.05) is 39.9 Å². The van der Waals surface area contributed by atoms with E-state index in [4.69, 9.17) is 26.7 Å². The first-order valence-electron chi connectivity index (χ1n) is 22.5.